The van der Waals surface area contributed by atoms with E-state index >= 15 is 0 Å². The smallest absolute Gasteiger partial charge is 0.307 e. The lowest BCUT2D eigenvalue weighted by Crippen LogP contribution is -2.51. The van der Waals surface area contributed by atoms with Gasteiger partial charge in [0.25, 0.3) is 0 Å². The summed E-state index contributed by atoms with van der Waals surface area (Å²) in [5.41, 5.74) is 0.716. The summed E-state index contributed by atoms with van der Waals surface area (Å²) >= 11 is 0. The monoisotopic (exact) mass is 590 g/mol. The predicted octanol–water partition coefficient (Wildman–Crippen LogP) is 4.19. The highest BCUT2D eigenvalue weighted by molar-refractivity contribution is 7.91. The molecule has 0 fully saturated rings. The topological polar surface area (TPSA) is 131 Å². The van der Waals surface area contributed by atoms with Gasteiger partial charge in [0.1, 0.15) is 5.75 Å². The molecular formula is C30H42N2O8S. The van der Waals surface area contributed by atoms with E-state index in [0.717, 1.165) is 18.4 Å². The lowest BCUT2D eigenvalue weighted by molar-refractivity contribution is -0.193. The summed E-state index contributed by atoms with van der Waals surface area (Å²) in [7, 11) is 0.153. The molecule has 0 bridgehead atoms. The Bertz CT molecular complexity index is 1280. The molecule has 0 amide bonds. The third-order valence-electron chi connectivity index (χ3n) is 7.86. The minimum absolute atomic E-state index is 0.0802. The maximum atomic E-state index is 14.1. The molecule has 2 atom stereocenters. The van der Waals surface area contributed by atoms with Crippen LogP contribution in [0.15, 0.2) is 47.4 Å². The van der Waals surface area contributed by atoms with Crippen LogP contribution in [0.5, 0.6) is 5.75 Å². The van der Waals surface area contributed by atoms with Crippen LogP contribution in [0, 0.1) is 0 Å². The zero-order valence-corrected chi connectivity index (χ0v) is 25.3. The van der Waals surface area contributed by atoms with Crippen molar-refractivity contribution in [1.82, 2.24) is 10.4 Å². The van der Waals surface area contributed by atoms with Crippen LogP contribution < -0.4 is 10.1 Å². The van der Waals surface area contributed by atoms with Crippen molar-refractivity contribution in [1.29, 1.82) is 0 Å². The van der Waals surface area contributed by atoms with Gasteiger partial charge in [0.2, 0.25) is 0 Å². The van der Waals surface area contributed by atoms with Gasteiger partial charge in [-0.3, -0.25) is 9.59 Å². The van der Waals surface area contributed by atoms with Crippen molar-refractivity contribution in [3.8, 4) is 5.75 Å². The highest BCUT2D eigenvalue weighted by Gasteiger charge is 2.48. The van der Waals surface area contributed by atoms with Gasteiger partial charge in [-0.25, -0.2) is 8.42 Å². The molecule has 0 saturated heterocycles. The predicted molar refractivity (Wildman–Crippen MR) is 153 cm³/mol. The van der Waals surface area contributed by atoms with Crippen LogP contribution in [-0.2, 0) is 35.4 Å². The Morgan fingerprint density at radius 1 is 1.07 bits per heavy atom. The molecule has 226 valence electrons. The Kier molecular flexibility index (Phi) is 11.3. The number of carbonyl (C=O) groups excluding carboxylic acids is 2. The Balaban J connectivity index is 2.14. The molecule has 2 unspecified atom stereocenters. The second kappa shape index (κ2) is 14.3. The van der Waals surface area contributed by atoms with E-state index in [1.54, 1.807) is 12.1 Å². The molecule has 1 aliphatic rings. The molecule has 11 heteroatoms. The SMILES string of the molecule is CCCCC1(CC)CS(=O)(=O)c2cc(CNC(CC(=O)OC)CC(=O)OC)c(OC)cc2C(c2ccccc2)N1O. The first-order valence-electron chi connectivity index (χ1n) is 13.9. The molecule has 2 aromatic carbocycles. The first-order chi connectivity index (χ1) is 19.5. The number of hydroxylamine groups is 2. The van der Waals surface area contributed by atoms with Crippen molar-refractivity contribution in [3.05, 3.63) is 59.2 Å². The van der Waals surface area contributed by atoms with Gasteiger partial charge < -0.3 is 24.7 Å². The molecule has 0 spiro atoms. The van der Waals surface area contributed by atoms with Crippen molar-refractivity contribution < 1.29 is 37.4 Å². The van der Waals surface area contributed by atoms with Crippen molar-refractivity contribution in [2.75, 3.05) is 27.1 Å². The zero-order chi connectivity index (χ0) is 30.2. The minimum Gasteiger partial charge on any atom is -0.496 e. The molecule has 0 aromatic heterocycles. The first-order valence-corrected chi connectivity index (χ1v) is 15.5. The number of unbranched alkanes of at least 4 members (excludes halogenated alkanes) is 1. The van der Waals surface area contributed by atoms with Gasteiger partial charge in [0.15, 0.2) is 9.84 Å². The fourth-order valence-corrected chi connectivity index (χ4v) is 7.66. The van der Waals surface area contributed by atoms with Crippen LogP contribution in [0.2, 0.25) is 0 Å². The highest BCUT2D eigenvalue weighted by Crippen LogP contribution is 2.45. The van der Waals surface area contributed by atoms with Gasteiger partial charge in [-0.15, -0.1) is 0 Å². The third-order valence-corrected chi connectivity index (χ3v) is 9.80. The Hall–Kier alpha value is -2.99. The van der Waals surface area contributed by atoms with Crippen LogP contribution in [0.3, 0.4) is 0 Å². The van der Waals surface area contributed by atoms with Gasteiger partial charge in [-0.2, -0.15) is 5.06 Å². The standard InChI is InChI=1S/C30H42N2O8S/c1-6-8-14-30(7-2)20-41(36,37)26-15-22(19-31-23(16-27(33)39-4)17-28(34)40-5)25(38-3)18-24(26)29(32(30)35)21-12-10-9-11-13-21/h9-13,15,18,23,29,31,35H,6-8,14,16-17,19-20H2,1-5H3. The van der Waals surface area contributed by atoms with Crippen LogP contribution in [0.1, 0.15) is 75.1 Å². The second-order valence-corrected chi connectivity index (χ2v) is 12.4. The number of sulfone groups is 1. The van der Waals surface area contributed by atoms with E-state index in [1.807, 2.05) is 44.2 Å². The van der Waals surface area contributed by atoms with Crippen LogP contribution >= 0.6 is 0 Å². The van der Waals surface area contributed by atoms with Gasteiger partial charge in [-0.05, 0) is 36.1 Å². The van der Waals surface area contributed by atoms with Crippen molar-refractivity contribution >= 4 is 21.8 Å². The van der Waals surface area contributed by atoms with E-state index in [-0.39, 0.29) is 30.0 Å². The van der Waals surface area contributed by atoms with E-state index < -0.39 is 39.4 Å². The van der Waals surface area contributed by atoms with E-state index in [4.69, 9.17) is 14.2 Å². The summed E-state index contributed by atoms with van der Waals surface area (Å²) in [5, 5.41) is 16.3. The summed E-state index contributed by atoms with van der Waals surface area (Å²) in [4.78, 5) is 24.0. The zero-order valence-electron chi connectivity index (χ0n) is 24.5. The number of rotatable bonds is 13. The summed E-state index contributed by atoms with van der Waals surface area (Å²) in [5.74, 6) is -0.831. The fourth-order valence-electron chi connectivity index (χ4n) is 5.46. The maximum absolute atomic E-state index is 14.1. The quantitative estimate of drug-likeness (QED) is 0.328. The number of fused-ring (bicyclic) bond motifs is 1. The Labute approximate surface area is 242 Å². The Morgan fingerprint density at radius 3 is 2.24 bits per heavy atom. The number of benzene rings is 2. The summed E-state index contributed by atoms with van der Waals surface area (Å²) in [6, 6.07) is 11.2. The second-order valence-electron chi connectivity index (χ2n) is 10.4. The van der Waals surface area contributed by atoms with Gasteiger partial charge in [0.05, 0.1) is 56.4 Å². The lowest BCUT2D eigenvalue weighted by Gasteiger charge is -2.42. The van der Waals surface area contributed by atoms with Crippen molar-refractivity contribution in [3.63, 3.8) is 0 Å². The van der Waals surface area contributed by atoms with Gasteiger partial charge >= 0.3 is 11.9 Å². The molecule has 0 aliphatic carbocycles. The fraction of sp³-hybridized carbons (Fsp3) is 0.533. The van der Waals surface area contributed by atoms with Gasteiger partial charge in [-0.1, -0.05) is 57.0 Å². The normalized spacial score (nSPS) is 20.2. The van der Waals surface area contributed by atoms with E-state index in [1.165, 1.54) is 26.4 Å². The number of hydrogen-bond acceptors (Lipinski definition) is 10. The lowest BCUT2D eigenvalue weighted by atomic mass is 9.87. The molecule has 41 heavy (non-hydrogen) atoms. The number of ether oxygens (including phenoxy) is 3. The average Bonchev–Trinajstić information content (AvgIpc) is 3.04. The molecule has 2 aromatic rings. The summed E-state index contributed by atoms with van der Waals surface area (Å²) in [6.45, 7) is 4.06. The number of esters is 2. The third kappa shape index (κ3) is 7.45. The number of nitrogens with one attached hydrogen (secondary N) is 1. The van der Waals surface area contributed by atoms with Gasteiger partial charge in [0, 0.05) is 18.2 Å². The van der Waals surface area contributed by atoms with Crippen LogP contribution in [0.4, 0.5) is 0 Å². The van der Waals surface area contributed by atoms with Crippen LogP contribution in [0.25, 0.3) is 0 Å². The highest BCUT2D eigenvalue weighted by atomic mass is 32.2. The maximum Gasteiger partial charge on any atom is 0.307 e. The number of methoxy groups -OCH3 is 3. The minimum atomic E-state index is -3.87. The molecule has 0 saturated carbocycles. The molecule has 1 aliphatic heterocycles. The van der Waals surface area contributed by atoms with E-state index in [9.17, 15) is 23.2 Å². The number of nitrogens with zero attached hydrogens (tertiary/aromatic N) is 1. The Morgan fingerprint density at radius 2 is 1.71 bits per heavy atom. The molecule has 1 heterocycles. The molecule has 0 radical (unpaired) electrons. The molecule has 2 N–H and O–H groups in total. The van der Waals surface area contributed by atoms with E-state index in [2.05, 4.69) is 5.32 Å². The summed E-state index contributed by atoms with van der Waals surface area (Å²) in [6.07, 6.45) is 2.42. The number of carbonyl (C=O) groups is 2. The van der Waals surface area contributed by atoms with E-state index in [0.29, 0.717) is 29.7 Å². The van der Waals surface area contributed by atoms with Crippen LogP contribution in [-0.4, -0.2) is 69.3 Å². The largest absolute Gasteiger partial charge is 0.496 e. The molecule has 3 rings (SSSR count). The molecule has 10 nitrogen and oxygen atoms in total. The van der Waals surface area contributed by atoms with Crippen molar-refractivity contribution in [2.24, 2.45) is 0 Å². The molecular weight excluding hydrogens is 548 g/mol. The average molecular weight is 591 g/mol. The number of hydrogen-bond donors (Lipinski definition) is 2. The summed E-state index contributed by atoms with van der Waals surface area (Å²) < 4.78 is 43.4. The van der Waals surface area contributed by atoms with Crippen molar-refractivity contribution in [2.45, 2.75) is 81.4 Å². The first kappa shape index (κ1) is 32.5.